The van der Waals surface area contributed by atoms with Crippen LogP contribution in [0, 0.1) is 0 Å². The van der Waals surface area contributed by atoms with Crippen molar-refractivity contribution in [3.63, 3.8) is 0 Å². The third kappa shape index (κ3) is 4.18. The lowest BCUT2D eigenvalue weighted by Crippen LogP contribution is -3.18. The van der Waals surface area contributed by atoms with E-state index in [-0.39, 0.29) is 18.2 Å². The van der Waals surface area contributed by atoms with Crippen molar-refractivity contribution in [1.29, 1.82) is 0 Å². The monoisotopic (exact) mass is 403 g/mol. The van der Waals surface area contributed by atoms with Crippen LogP contribution in [0.1, 0.15) is 38.5 Å². The highest BCUT2D eigenvalue weighted by Crippen LogP contribution is 2.21. The van der Waals surface area contributed by atoms with Crippen molar-refractivity contribution in [1.82, 2.24) is 10.3 Å². The number of hydrogen-bond donors (Lipinski definition) is 2. The smallest absolute Gasteiger partial charge is 0.271 e. The van der Waals surface area contributed by atoms with E-state index >= 15 is 0 Å². The fourth-order valence-electron chi connectivity index (χ4n) is 4.53. The fraction of sp³-hybridized carbons (Fsp3) is 0.524. The summed E-state index contributed by atoms with van der Waals surface area (Å²) in [6, 6.07) is 7.79. The van der Waals surface area contributed by atoms with Crippen molar-refractivity contribution >= 4 is 29.1 Å². The van der Waals surface area contributed by atoms with Gasteiger partial charge in [0, 0.05) is 11.4 Å². The normalized spacial score (nSPS) is 22.0. The molecule has 0 spiro atoms. The topological polar surface area (TPSA) is 57.1 Å². The number of carbonyl (C=O) groups excluding carboxylic acids is 2. The fourth-order valence-corrected chi connectivity index (χ4v) is 4.66. The molecule has 150 valence electrons. The number of rotatable bonds is 3. The van der Waals surface area contributed by atoms with Gasteiger partial charge in [0.15, 0.2) is 0 Å². The lowest BCUT2D eigenvalue weighted by atomic mass is 9.94. The molecule has 0 atom stereocenters. The molecule has 2 aliphatic heterocycles. The number of amides is 2. The lowest BCUT2D eigenvalue weighted by Gasteiger charge is -2.39. The number of hydrazine groups is 1. The summed E-state index contributed by atoms with van der Waals surface area (Å²) in [7, 11) is 0. The van der Waals surface area contributed by atoms with Crippen LogP contribution in [0.4, 0.5) is 5.69 Å². The van der Waals surface area contributed by atoms with Crippen molar-refractivity contribution in [3.05, 3.63) is 41.1 Å². The molecule has 1 aromatic carbocycles. The number of piperazine rings is 1. The van der Waals surface area contributed by atoms with Crippen LogP contribution in [-0.4, -0.2) is 48.9 Å². The Hall–Kier alpha value is -2.05. The van der Waals surface area contributed by atoms with Gasteiger partial charge >= 0.3 is 0 Å². The van der Waals surface area contributed by atoms with E-state index in [1.165, 1.54) is 37.1 Å². The van der Waals surface area contributed by atoms with Gasteiger partial charge in [-0.1, -0.05) is 18.0 Å². The molecule has 0 bridgehead atoms. The molecular weight excluding hydrogens is 376 g/mol. The minimum atomic E-state index is -0.0922. The van der Waals surface area contributed by atoms with Crippen LogP contribution in [0.2, 0.25) is 5.02 Å². The summed E-state index contributed by atoms with van der Waals surface area (Å²) in [6.45, 7) is 3.59. The van der Waals surface area contributed by atoms with Gasteiger partial charge < -0.3 is 9.80 Å². The van der Waals surface area contributed by atoms with Crippen LogP contribution >= 0.6 is 11.6 Å². The summed E-state index contributed by atoms with van der Waals surface area (Å²) in [5.74, 6) is -0.111. The number of anilines is 1. The molecule has 1 saturated heterocycles. The highest BCUT2D eigenvalue weighted by Gasteiger charge is 2.33. The van der Waals surface area contributed by atoms with Gasteiger partial charge in [-0.15, -0.1) is 0 Å². The number of benzene rings is 1. The number of carbonyl (C=O) groups is 2. The summed E-state index contributed by atoms with van der Waals surface area (Å²) < 4.78 is 0. The van der Waals surface area contributed by atoms with Crippen LogP contribution in [0.15, 0.2) is 36.0 Å². The predicted molar refractivity (Wildman–Crippen MR) is 109 cm³/mol. The number of nitrogens with one attached hydrogen (secondary N) is 2. The minimum absolute atomic E-state index is 0.0193. The second kappa shape index (κ2) is 8.53. The summed E-state index contributed by atoms with van der Waals surface area (Å²) in [5.41, 5.74) is 4.18. The van der Waals surface area contributed by atoms with Crippen LogP contribution in [-0.2, 0) is 9.59 Å². The molecule has 0 radical (unpaired) electrons. The maximum atomic E-state index is 13.0. The zero-order chi connectivity index (χ0) is 19.5. The molecule has 0 unspecified atom stereocenters. The van der Waals surface area contributed by atoms with Crippen LogP contribution in [0.3, 0.4) is 0 Å². The van der Waals surface area contributed by atoms with Crippen molar-refractivity contribution < 1.29 is 14.5 Å². The van der Waals surface area contributed by atoms with Gasteiger partial charge in [0.25, 0.3) is 5.91 Å². The highest BCUT2D eigenvalue weighted by atomic mass is 35.5. The molecule has 2 fully saturated rings. The van der Waals surface area contributed by atoms with E-state index in [4.69, 9.17) is 11.6 Å². The third-order valence-electron chi connectivity index (χ3n) is 6.15. The lowest BCUT2D eigenvalue weighted by molar-refractivity contribution is -0.930. The number of quaternary nitrogens is 1. The largest absolute Gasteiger partial charge is 0.330 e. The van der Waals surface area contributed by atoms with Gasteiger partial charge in [0.2, 0.25) is 5.91 Å². The zero-order valence-corrected chi connectivity index (χ0v) is 16.9. The molecule has 2 amide bonds. The van der Waals surface area contributed by atoms with Gasteiger partial charge in [-0.3, -0.25) is 15.0 Å². The number of halogens is 1. The molecule has 7 heteroatoms. The van der Waals surface area contributed by atoms with Gasteiger partial charge in [0.05, 0.1) is 37.9 Å². The average Bonchev–Trinajstić information content (AvgIpc) is 2.75. The Kier molecular flexibility index (Phi) is 5.87. The first-order chi connectivity index (χ1) is 13.6. The Labute approximate surface area is 171 Å². The van der Waals surface area contributed by atoms with E-state index in [1.807, 2.05) is 4.90 Å². The molecule has 4 rings (SSSR count). The molecule has 2 N–H and O–H groups in total. The Morgan fingerprint density at radius 3 is 2.43 bits per heavy atom. The Morgan fingerprint density at radius 2 is 1.75 bits per heavy atom. The van der Waals surface area contributed by atoms with Crippen molar-refractivity contribution in [2.24, 2.45) is 0 Å². The van der Waals surface area contributed by atoms with Crippen molar-refractivity contribution in [2.75, 3.05) is 31.2 Å². The third-order valence-corrected chi connectivity index (χ3v) is 6.41. The summed E-state index contributed by atoms with van der Waals surface area (Å²) in [6.07, 6.45) is 8.64. The Bertz CT molecular complexity index is 750. The average molecular weight is 404 g/mol. The summed E-state index contributed by atoms with van der Waals surface area (Å²) in [4.78, 5) is 28.9. The molecule has 1 aliphatic carbocycles. The van der Waals surface area contributed by atoms with Gasteiger partial charge in [-0.2, -0.15) is 0 Å². The van der Waals surface area contributed by atoms with E-state index in [9.17, 15) is 9.59 Å². The zero-order valence-electron chi connectivity index (χ0n) is 16.1. The molecule has 6 nitrogen and oxygen atoms in total. The van der Waals surface area contributed by atoms with Crippen LogP contribution in [0.25, 0.3) is 0 Å². The molecule has 2 heterocycles. The number of hydrogen-bond acceptors (Lipinski definition) is 3. The standard InChI is InChI=1S/C21H27ClN4O2/c22-16-6-8-18(9-7-16)26-20(27)11-10-19(23-26)21(28)25-14-12-24(13-15-25)17-4-2-1-3-5-17/h6-10,17,23H,1-5,11-15H2/p+1. The minimum Gasteiger partial charge on any atom is -0.330 e. The molecule has 1 aromatic rings. The molecule has 3 aliphatic rings. The van der Waals surface area contributed by atoms with E-state index in [0.717, 1.165) is 32.2 Å². The van der Waals surface area contributed by atoms with Crippen molar-refractivity contribution in [3.8, 4) is 0 Å². The van der Waals surface area contributed by atoms with E-state index < -0.39 is 0 Å². The van der Waals surface area contributed by atoms with Crippen LogP contribution < -0.4 is 15.3 Å². The first-order valence-corrected chi connectivity index (χ1v) is 10.7. The molecule has 0 aromatic heterocycles. The first-order valence-electron chi connectivity index (χ1n) is 10.3. The Balaban J connectivity index is 1.37. The summed E-state index contributed by atoms with van der Waals surface area (Å²) >= 11 is 5.94. The predicted octanol–water partition coefficient (Wildman–Crippen LogP) is 1.52. The van der Waals surface area contributed by atoms with E-state index in [2.05, 4.69) is 5.43 Å². The molecular formula is C21H28ClN4O2+. The SMILES string of the molecule is O=C(C1=CCC(=O)N(c2ccc(Cl)cc2)N1)N1CC[NH+](C2CCCCC2)CC1. The maximum absolute atomic E-state index is 13.0. The molecule has 1 saturated carbocycles. The second-order valence-corrected chi connectivity index (χ2v) is 8.36. The van der Waals surface area contributed by atoms with Gasteiger partial charge in [-0.05, 0) is 56.0 Å². The summed E-state index contributed by atoms with van der Waals surface area (Å²) in [5, 5.41) is 2.05. The molecule has 28 heavy (non-hydrogen) atoms. The highest BCUT2D eigenvalue weighted by molar-refractivity contribution is 6.30. The Morgan fingerprint density at radius 1 is 1.07 bits per heavy atom. The first kappa shape index (κ1) is 19.3. The van der Waals surface area contributed by atoms with Gasteiger partial charge in [-0.25, -0.2) is 5.01 Å². The number of nitrogens with zero attached hydrogens (tertiary/aromatic N) is 2. The van der Waals surface area contributed by atoms with Crippen molar-refractivity contribution in [2.45, 2.75) is 44.6 Å². The van der Waals surface area contributed by atoms with E-state index in [1.54, 1.807) is 35.2 Å². The quantitative estimate of drug-likeness (QED) is 0.804. The van der Waals surface area contributed by atoms with Gasteiger partial charge in [0.1, 0.15) is 5.70 Å². The van der Waals surface area contributed by atoms with Crippen LogP contribution in [0.5, 0.6) is 0 Å². The maximum Gasteiger partial charge on any atom is 0.271 e. The second-order valence-electron chi connectivity index (χ2n) is 7.92. The van der Waals surface area contributed by atoms with E-state index in [0.29, 0.717) is 16.4 Å².